The molecule has 5 aliphatic heterocycles. The summed E-state index contributed by atoms with van der Waals surface area (Å²) in [5.74, 6) is 2.21. The number of nitrogens with zero attached hydrogens (tertiary/aromatic N) is 8. The van der Waals surface area contributed by atoms with E-state index in [4.69, 9.17) is 33.7 Å². The molecule has 6 fully saturated rings. The van der Waals surface area contributed by atoms with Crippen LogP contribution in [0.3, 0.4) is 0 Å². The lowest BCUT2D eigenvalue weighted by atomic mass is 9.59. The molecule has 4 atom stereocenters. The number of rotatable bonds is 17. The van der Waals surface area contributed by atoms with Crippen molar-refractivity contribution in [2.24, 2.45) is 11.3 Å². The maximum Gasteiger partial charge on any atom is 0.293 e. The van der Waals surface area contributed by atoms with Gasteiger partial charge in [-0.2, -0.15) is 4.98 Å². The Morgan fingerprint density at radius 2 is 1.72 bits per heavy atom. The van der Waals surface area contributed by atoms with Gasteiger partial charge in [-0.1, -0.05) is 18.2 Å². The van der Waals surface area contributed by atoms with E-state index in [1.165, 1.54) is 17.7 Å². The maximum absolute atomic E-state index is 14.9. The van der Waals surface area contributed by atoms with Crippen molar-refractivity contribution >= 4 is 61.2 Å². The molecule has 13 rings (SSSR count). The number of aliphatic hydroxyl groups is 1. The molecule has 3 aromatic heterocycles. The number of nitrogens with one attached hydrogen (secondary N) is 3. The number of sulfonamides is 1. The third kappa shape index (κ3) is 12.5. The van der Waals surface area contributed by atoms with Crippen LogP contribution in [0.25, 0.3) is 11.0 Å². The summed E-state index contributed by atoms with van der Waals surface area (Å²) >= 11 is 0. The van der Waals surface area contributed by atoms with Crippen molar-refractivity contribution in [2.75, 3.05) is 99.4 Å². The first kappa shape index (κ1) is 60.6. The number of methoxy groups -OCH3 is 1. The Balaban J connectivity index is 0.744. The van der Waals surface area contributed by atoms with Gasteiger partial charge in [0.25, 0.3) is 21.6 Å². The van der Waals surface area contributed by atoms with E-state index in [0.717, 1.165) is 124 Å². The number of aromatic amines is 1. The van der Waals surface area contributed by atoms with Gasteiger partial charge in [-0.3, -0.25) is 24.7 Å². The standard InChI is InChI=1S/C66H83N11O11S/c1-42(2)87-58-9-7-6-8-50(58)57-39-72(38-45-30-59(84-5)62(69-37-45)74-27-29-86-40-43(74)3)25-26-75(57)48-34-66(35-48)20-23-73(24-21-66)47-10-12-51(54(32-47)76-53-17-28-85-41-60(53)88-64-56(76)31-46-16-22-67-61(46)70-64)63(78)71-89(82,83)49-11-13-52(55(33-49)77(80)81)68-36-44-14-18-65(4,79)19-15-44/h6-13,16,22,30-33,37,42-44,48,53,57,60,68,79H,14-15,17-21,23-29,34-36,38-41H2,1-5H3,(H,67,70)(H,71,78)/t43-,44?,53+,57-,60+,65?/m1/s1. The highest BCUT2D eigenvalue weighted by Gasteiger charge is 2.51. The van der Waals surface area contributed by atoms with Crippen molar-refractivity contribution in [1.29, 1.82) is 0 Å². The van der Waals surface area contributed by atoms with Crippen LogP contribution in [-0.2, 0) is 26.0 Å². The van der Waals surface area contributed by atoms with Crippen LogP contribution in [0.2, 0.25) is 0 Å². The fraction of sp³-hybridized carbons (Fsp3) is 0.530. The number of nitro groups is 1. The zero-order valence-corrected chi connectivity index (χ0v) is 52.4. The number of hydrogen-bond donors (Lipinski definition) is 4. The van der Waals surface area contributed by atoms with Crippen LogP contribution in [0, 0.1) is 21.4 Å². The fourth-order valence-electron chi connectivity index (χ4n) is 14.9. The minimum atomic E-state index is -4.66. The highest BCUT2D eigenvalue weighted by Crippen LogP contribution is 2.54. The van der Waals surface area contributed by atoms with Gasteiger partial charge in [0.1, 0.15) is 28.9 Å². The number of H-pyrrole nitrogens is 1. The quantitative estimate of drug-likeness (QED) is 0.0491. The molecular formula is C66H83N11O11S. The molecule has 7 aliphatic rings. The second-order valence-electron chi connectivity index (χ2n) is 26.3. The summed E-state index contributed by atoms with van der Waals surface area (Å²) in [6.07, 6.45) is 10.8. The second-order valence-corrected chi connectivity index (χ2v) is 28.0. The zero-order chi connectivity index (χ0) is 61.8. The van der Waals surface area contributed by atoms with Crippen LogP contribution < -0.4 is 38.9 Å². The van der Waals surface area contributed by atoms with E-state index < -0.39 is 43.1 Å². The van der Waals surface area contributed by atoms with Crippen LogP contribution >= 0.6 is 0 Å². The van der Waals surface area contributed by atoms with E-state index in [1.807, 2.05) is 43.6 Å². The summed E-state index contributed by atoms with van der Waals surface area (Å²) in [4.78, 5) is 51.4. The third-order valence-electron chi connectivity index (χ3n) is 19.9. The van der Waals surface area contributed by atoms with E-state index in [1.54, 1.807) is 13.2 Å². The van der Waals surface area contributed by atoms with E-state index in [9.17, 15) is 28.4 Å². The Morgan fingerprint density at radius 3 is 2.49 bits per heavy atom. The number of aromatic nitrogens is 3. The molecule has 3 aromatic carbocycles. The molecule has 2 aliphatic carbocycles. The predicted molar refractivity (Wildman–Crippen MR) is 339 cm³/mol. The smallest absolute Gasteiger partial charge is 0.293 e. The number of morpholine rings is 1. The van der Waals surface area contributed by atoms with E-state index >= 15 is 0 Å². The Morgan fingerprint density at radius 1 is 0.921 bits per heavy atom. The Bertz CT molecular complexity index is 3690. The number of carbonyl (C=O) groups is 1. The van der Waals surface area contributed by atoms with Gasteiger partial charge in [0.05, 0.1) is 77.8 Å². The monoisotopic (exact) mass is 1240 g/mol. The van der Waals surface area contributed by atoms with Crippen molar-refractivity contribution in [3.05, 3.63) is 118 Å². The van der Waals surface area contributed by atoms with Gasteiger partial charge >= 0.3 is 0 Å². The number of ether oxygens (including phenoxy) is 5. The molecule has 2 saturated carbocycles. The number of fused-ring (bicyclic) bond motifs is 3. The number of hydrogen-bond acceptors (Lipinski definition) is 19. The Kier molecular flexibility index (Phi) is 16.9. The molecular weight excluding hydrogens is 1150 g/mol. The van der Waals surface area contributed by atoms with Crippen LogP contribution in [0.5, 0.6) is 17.4 Å². The number of pyridine rings is 2. The molecule has 1 amide bonds. The highest BCUT2D eigenvalue weighted by molar-refractivity contribution is 7.90. The topological polar surface area (TPSA) is 243 Å². The van der Waals surface area contributed by atoms with Gasteiger partial charge in [-0.25, -0.2) is 18.1 Å². The van der Waals surface area contributed by atoms with E-state index in [0.29, 0.717) is 74.6 Å². The molecule has 23 heteroatoms. The van der Waals surface area contributed by atoms with Crippen LogP contribution in [0.4, 0.5) is 34.3 Å². The minimum Gasteiger partial charge on any atom is -0.493 e. The normalized spacial score (nSPS) is 25.0. The zero-order valence-electron chi connectivity index (χ0n) is 51.6. The number of nitro benzene ring substituents is 1. The summed E-state index contributed by atoms with van der Waals surface area (Å²) in [5, 5.41) is 26.9. The molecule has 4 saturated heterocycles. The molecule has 4 N–H and O–H groups in total. The first-order valence-electron chi connectivity index (χ1n) is 31.7. The predicted octanol–water partition coefficient (Wildman–Crippen LogP) is 9.35. The Hall–Kier alpha value is -7.28. The first-order valence-corrected chi connectivity index (χ1v) is 33.2. The molecule has 0 bridgehead atoms. The number of para-hydroxylation sites is 1. The molecule has 8 heterocycles. The van der Waals surface area contributed by atoms with Crippen LogP contribution in [0.15, 0.2) is 96.2 Å². The lowest BCUT2D eigenvalue weighted by Gasteiger charge is -2.58. The first-order chi connectivity index (χ1) is 42.9. The molecule has 1 spiro atoms. The fourth-order valence-corrected chi connectivity index (χ4v) is 15.9. The van der Waals surface area contributed by atoms with Gasteiger partial charge in [0, 0.05) is 100 Å². The van der Waals surface area contributed by atoms with Gasteiger partial charge in [0.2, 0.25) is 5.88 Å². The van der Waals surface area contributed by atoms with Crippen molar-refractivity contribution in [3.8, 4) is 17.4 Å². The van der Waals surface area contributed by atoms with Crippen molar-refractivity contribution in [2.45, 2.75) is 139 Å². The molecule has 22 nitrogen and oxygen atoms in total. The largest absolute Gasteiger partial charge is 0.493 e. The summed E-state index contributed by atoms with van der Waals surface area (Å²) in [7, 11) is -2.94. The maximum atomic E-state index is 14.9. The molecule has 6 aromatic rings. The number of amides is 1. The molecule has 474 valence electrons. The van der Waals surface area contributed by atoms with Gasteiger partial charge in [-0.15, -0.1) is 0 Å². The van der Waals surface area contributed by atoms with Gasteiger partial charge in [0.15, 0.2) is 11.6 Å². The number of piperidine rings is 1. The SMILES string of the molecule is COc1cc(CN2CCN(C3CC4(CCN(c5ccc(C(=O)NS(=O)(=O)c6ccc(NCC7CCC(C)(O)CC7)c([N+](=O)[O-])c6)c(N6c7cc8cc[nH]c8nc7O[C@H]7COCC[C@@H]76)c5)CC4)C3)[C@@H](c3ccccc3OC(C)C)C2)cnc1N1CCOC[C@H]1C. The van der Waals surface area contributed by atoms with Gasteiger partial charge < -0.3 is 53.8 Å². The lowest BCUT2D eigenvalue weighted by Crippen LogP contribution is -2.59. The third-order valence-corrected chi connectivity index (χ3v) is 21.2. The average molecular weight is 1240 g/mol. The van der Waals surface area contributed by atoms with E-state index in [2.05, 4.69) is 90.6 Å². The van der Waals surface area contributed by atoms with Crippen LogP contribution in [-0.4, -0.2) is 164 Å². The Labute approximate surface area is 520 Å². The molecule has 89 heavy (non-hydrogen) atoms. The van der Waals surface area contributed by atoms with Crippen molar-refractivity contribution < 1.29 is 46.9 Å². The minimum absolute atomic E-state index is 0.0214. The van der Waals surface area contributed by atoms with Gasteiger partial charge in [-0.05, 0) is 157 Å². The van der Waals surface area contributed by atoms with Crippen molar-refractivity contribution in [1.82, 2.24) is 29.5 Å². The number of benzene rings is 3. The summed E-state index contributed by atoms with van der Waals surface area (Å²) in [6.45, 7) is 16.3. The van der Waals surface area contributed by atoms with E-state index in [-0.39, 0.29) is 53.4 Å². The number of carbonyl (C=O) groups excluding carboxylic acids is 1. The molecule has 0 radical (unpaired) electrons. The van der Waals surface area contributed by atoms with Crippen molar-refractivity contribution in [3.63, 3.8) is 0 Å². The number of anilines is 5. The second kappa shape index (κ2) is 24.8. The van der Waals surface area contributed by atoms with Crippen LogP contribution in [0.1, 0.15) is 113 Å². The summed E-state index contributed by atoms with van der Waals surface area (Å²) in [5.41, 5.74) is 4.22. The lowest BCUT2D eigenvalue weighted by molar-refractivity contribution is -0.384. The summed E-state index contributed by atoms with van der Waals surface area (Å²) in [6, 6.07) is 24.2. The average Bonchev–Trinajstić information content (AvgIpc) is 1.45. The highest BCUT2D eigenvalue weighted by atomic mass is 32.2. The summed E-state index contributed by atoms with van der Waals surface area (Å²) < 4.78 is 61.7. The number of piperazine rings is 1. The molecule has 0 unspecified atom stereocenters.